The molecule has 2 aliphatic carbocycles. The number of nitrogens with zero attached hydrogens (tertiary/aromatic N) is 1. The monoisotopic (exact) mass is 288 g/mol. The van der Waals surface area contributed by atoms with Crippen LogP contribution in [-0.2, 0) is 6.54 Å². The van der Waals surface area contributed by atoms with E-state index in [0.29, 0.717) is 18.5 Å². The third kappa shape index (κ3) is 3.74. The maximum absolute atomic E-state index is 12.3. The summed E-state index contributed by atoms with van der Waals surface area (Å²) in [4.78, 5) is 25.2. The maximum Gasteiger partial charge on any atom is 0.335 e. The van der Waals surface area contributed by atoms with Crippen LogP contribution in [0.15, 0.2) is 24.3 Å². The van der Waals surface area contributed by atoms with Crippen LogP contribution >= 0.6 is 0 Å². The fourth-order valence-corrected chi connectivity index (χ4v) is 2.46. The molecule has 5 nitrogen and oxygen atoms in total. The van der Waals surface area contributed by atoms with Crippen LogP contribution in [0.4, 0.5) is 4.79 Å². The second-order valence-electron chi connectivity index (χ2n) is 5.99. The molecule has 2 fully saturated rings. The number of urea groups is 1. The van der Waals surface area contributed by atoms with E-state index in [9.17, 15) is 9.59 Å². The molecule has 0 atom stereocenters. The highest BCUT2D eigenvalue weighted by Crippen LogP contribution is 2.34. The Labute approximate surface area is 123 Å². The van der Waals surface area contributed by atoms with Gasteiger partial charge in [0, 0.05) is 19.1 Å². The Morgan fingerprint density at radius 1 is 1.24 bits per heavy atom. The zero-order valence-corrected chi connectivity index (χ0v) is 11.9. The Morgan fingerprint density at radius 3 is 2.62 bits per heavy atom. The number of carboxylic acids is 1. The standard InChI is InChI=1S/C16H20N2O3/c19-15(20)13-3-1-2-12(8-13)9-17-16(21)18(14-6-7-14)10-11-4-5-11/h1-3,8,11,14H,4-7,9-10H2,(H,17,21)(H,19,20). The third-order valence-corrected chi connectivity index (χ3v) is 4.02. The Balaban J connectivity index is 1.56. The van der Waals surface area contributed by atoms with Crippen LogP contribution in [0.25, 0.3) is 0 Å². The summed E-state index contributed by atoms with van der Waals surface area (Å²) in [7, 11) is 0. The molecule has 0 unspecified atom stereocenters. The number of aromatic carboxylic acids is 1. The van der Waals surface area contributed by atoms with Gasteiger partial charge in [-0.1, -0.05) is 12.1 Å². The van der Waals surface area contributed by atoms with E-state index in [1.54, 1.807) is 18.2 Å². The average Bonchev–Trinajstić information content (AvgIpc) is 3.36. The van der Waals surface area contributed by atoms with E-state index in [-0.39, 0.29) is 11.6 Å². The number of carbonyl (C=O) groups is 2. The van der Waals surface area contributed by atoms with Gasteiger partial charge in [-0.3, -0.25) is 0 Å². The molecule has 5 heteroatoms. The number of carboxylic acid groups (broad SMARTS) is 1. The fraction of sp³-hybridized carbons (Fsp3) is 0.500. The smallest absolute Gasteiger partial charge is 0.335 e. The number of carbonyl (C=O) groups excluding carboxylic acids is 1. The lowest BCUT2D eigenvalue weighted by Gasteiger charge is -2.22. The van der Waals surface area contributed by atoms with Gasteiger partial charge in [0.1, 0.15) is 0 Å². The lowest BCUT2D eigenvalue weighted by atomic mass is 10.1. The summed E-state index contributed by atoms with van der Waals surface area (Å²) < 4.78 is 0. The zero-order valence-electron chi connectivity index (χ0n) is 11.9. The first-order valence-electron chi connectivity index (χ1n) is 7.50. The van der Waals surface area contributed by atoms with Crippen molar-refractivity contribution in [1.29, 1.82) is 0 Å². The summed E-state index contributed by atoms with van der Waals surface area (Å²) in [6.07, 6.45) is 4.68. The fourth-order valence-electron chi connectivity index (χ4n) is 2.46. The molecule has 0 radical (unpaired) electrons. The van der Waals surface area contributed by atoms with E-state index < -0.39 is 5.97 Å². The molecule has 2 amide bonds. The Bertz CT molecular complexity index is 550. The topological polar surface area (TPSA) is 69.6 Å². The highest BCUT2D eigenvalue weighted by Gasteiger charge is 2.36. The highest BCUT2D eigenvalue weighted by atomic mass is 16.4. The van der Waals surface area contributed by atoms with E-state index in [1.165, 1.54) is 12.8 Å². The number of hydrogen-bond donors (Lipinski definition) is 2. The van der Waals surface area contributed by atoms with Crippen LogP contribution in [0.3, 0.4) is 0 Å². The van der Waals surface area contributed by atoms with Gasteiger partial charge in [-0.25, -0.2) is 9.59 Å². The van der Waals surface area contributed by atoms with Crippen molar-refractivity contribution in [3.63, 3.8) is 0 Å². The van der Waals surface area contributed by atoms with Gasteiger partial charge in [-0.05, 0) is 49.3 Å². The minimum absolute atomic E-state index is 0.0230. The average molecular weight is 288 g/mol. The molecule has 2 aliphatic rings. The molecular weight excluding hydrogens is 268 g/mol. The van der Waals surface area contributed by atoms with Gasteiger partial charge in [0.15, 0.2) is 0 Å². The molecule has 0 saturated heterocycles. The summed E-state index contributed by atoms with van der Waals surface area (Å²) in [5.74, 6) is -0.261. The normalized spacial score (nSPS) is 17.3. The first-order chi connectivity index (χ1) is 10.1. The number of hydrogen-bond acceptors (Lipinski definition) is 2. The van der Waals surface area contributed by atoms with Crippen molar-refractivity contribution < 1.29 is 14.7 Å². The van der Waals surface area contributed by atoms with E-state index in [4.69, 9.17) is 5.11 Å². The van der Waals surface area contributed by atoms with E-state index in [0.717, 1.165) is 24.9 Å². The summed E-state index contributed by atoms with van der Waals surface area (Å²) in [5, 5.41) is 11.9. The summed E-state index contributed by atoms with van der Waals surface area (Å²) in [5.41, 5.74) is 1.06. The van der Waals surface area contributed by atoms with Crippen molar-refractivity contribution in [3.8, 4) is 0 Å². The van der Waals surface area contributed by atoms with Gasteiger partial charge < -0.3 is 15.3 Å². The van der Waals surface area contributed by atoms with E-state index in [2.05, 4.69) is 5.32 Å². The summed E-state index contributed by atoms with van der Waals surface area (Å²) in [6.45, 7) is 1.24. The third-order valence-electron chi connectivity index (χ3n) is 4.02. The minimum atomic E-state index is -0.948. The minimum Gasteiger partial charge on any atom is -0.478 e. The van der Waals surface area contributed by atoms with Gasteiger partial charge in [0.05, 0.1) is 5.56 Å². The molecule has 0 aliphatic heterocycles. The zero-order chi connectivity index (χ0) is 14.8. The molecule has 2 saturated carbocycles. The molecular formula is C16H20N2O3. The second-order valence-corrected chi connectivity index (χ2v) is 5.99. The van der Waals surface area contributed by atoms with Crippen molar-refractivity contribution in [2.24, 2.45) is 5.92 Å². The van der Waals surface area contributed by atoms with Crippen molar-refractivity contribution in [1.82, 2.24) is 10.2 Å². The molecule has 3 rings (SSSR count). The summed E-state index contributed by atoms with van der Waals surface area (Å²) in [6, 6.07) is 7.08. The Hall–Kier alpha value is -2.04. The van der Waals surface area contributed by atoms with Crippen LogP contribution in [-0.4, -0.2) is 34.6 Å². The van der Waals surface area contributed by atoms with Crippen molar-refractivity contribution in [3.05, 3.63) is 35.4 Å². The quantitative estimate of drug-likeness (QED) is 0.845. The second kappa shape index (κ2) is 5.76. The molecule has 1 aromatic rings. The van der Waals surface area contributed by atoms with Gasteiger partial charge in [-0.2, -0.15) is 0 Å². The molecule has 112 valence electrons. The lowest BCUT2D eigenvalue weighted by Crippen LogP contribution is -2.42. The number of amides is 2. The van der Waals surface area contributed by atoms with Gasteiger partial charge in [0.25, 0.3) is 0 Å². The lowest BCUT2D eigenvalue weighted by molar-refractivity contribution is 0.0696. The van der Waals surface area contributed by atoms with Crippen LogP contribution in [0.5, 0.6) is 0 Å². The molecule has 0 heterocycles. The van der Waals surface area contributed by atoms with Crippen LogP contribution < -0.4 is 5.32 Å². The Morgan fingerprint density at radius 2 is 2.00 bits per heavy atom. The first-order valence-corrected chi connectivity index (χ1v) is 7.50. The van der Waals surface area contributed by atoms with Crippen LogP contribution in [0, 0.1) is 5.92 Å². The van der Waals surface area contributed by atoms with Crippen molar-refractivity contribution in [2.75, 3.05) is 6.54 Å². The van der Waals surface area contributed by atoms with Gasteiger partial charge >= 0.3 is 12.0 Å². The largest absolute Gasteiger partial charge is 0.478 e. The highest BCUT2D eigenvalue weighted by molar-refractivity contribution is 5.87. The maximum atomic E-state index is 12.3. The molecule has 21 heavy (non-hydrogen) atoms. The van der Waals surface area contributed by atoms with E-state index >= 15 is 0 Å². The summed E-state index contributed by atoms with van der Waals surface area (Å²) >= 11 is 0. The Kier molecular flexibility index (Phi) is 3.82. The number of nitrogens with one attached hydrogen (secondary N) is 1. The molecule has 2 N–H and O–H groups in total. The SMILES string of the molecule is O=C(O)c1cccc(CNC(=O)N(CC2CC2)C2CC2)c1. The predicted molar refractivity (Wildman–Crippen MR) is 78.1 cm³/mol. The van der Waals surface area contributed by atoms with Crippen LogP contribution in [0.2, 0.25) is 0 Å². The van der Waals surface area contributed by atoms with Crippen molar-refractivity contribution >= 4 is 12.0 Å². The molecule has 0 aromatic heterocycles. The van der Waals surface area contributed by atoms with Crippen LogP contribution in [0.1, 0.15) is 41.6 Å². The van der Waals surface area contributed by atoms with Gasteiger partial charge in [-0.15, -0.1) is 0 Å². The predicted octanol–water partition coefficient (Wildman–Crippen LogP) is 2.47. The molecule has 0 bridgehead atoms. The number of benzene rings is 1. The molecule has 1 aromatic carbocycles. The van der Waals surface area contributed by atoms with Gasteiger partial charge in [0.2, 0.25) is 0 Å². The van der Waals surface area contributed by atoms with Crippen molar-refractivity contribution in [2.45, 2.75) is 38.3 Å². The number of rotatable bonds is 6. The van der Waals surface area contributed by atoms with E-state index in [1.807, 2.05) is 11.0 Å². The first kappa shape index (κ1) is 13.9. The molecule has 0 spiro atoms.